The highest BCUT2D eigenvalue weighted by Crippen LogP contribution is 2.38. The normalized spacial score (nSPS) is 18.7. The fraction of sp³-hybridized carbons (Fsp3) is 0.579. The molecule has 0 saturated carbocycles. The van der Waals surface area contributed by atoms with Gasteiger partial charge in [0, 0.05) is 17.9 Å². The fourth-order valence-corrected chi connectivity index (χ4v) is 2.92. The lowest BCUT2D eigenvalue weighted by Crippen LogP contribution is -2.41. The second kappa shape index (κ2) is 6.24. The summed E-state index contributed by atoms with van der Waals surface area (Å²) in [6, 6.07) is 1.75. The largest absolute Gasteiger partial charge is 0.497 e. The number of carbonyl (C=O) groups is 1. The van der Waals surface area contributed by atoms with Gasteiger partial charge < -0.3 is 18.8 Å². The molecule has 0 N–H and O–H groups in total. The Balaban J connectivity index is 2.15. The third kappa shape index (κ3) is 3.43. The van der Waals surface area contributed by atoms with Crippen LogP contribution in [0.3, 0.4) is 0 Å². The van der Waals surface area contributed by atoms with Gasteiger partial charge in [-0.2, -0.15) is 0 Å². The average molecular weight is 374 g/mol. The van der Waals surface area contributed by atoms with Gasteiger partial charge in [0.1, 0.15) is 11.4 Å². The van der Waals surface area contributed by atoms with Crippen molar-refractivity contribution in [3.8, 4) is 5.75 Å². The Morgan fingerprint density at radius 3 is 2.30 bits per heavy atom. The van der Waals surface area contributed by atoms with Gasteiger partial charge in [-0.25, -0.2) is 14.3 Å². The minimum absolute atomic E-state index is 0.438. The van der Waals surface area contributed by atoms with E-state index in [1.165, 1.54) is 4.57 Å². The van der Waals surface area contributed by atoms with Crippen LogP contribution in [0.4, 0.5) is 4.79 Å². The van der Waals surface area contributed by atoms with Crippen LogP contribution >= 0.6 is 0 Å². The molecule has 0 bridgehead atoms. The van der Waals surface area contributed by atoms with Crippen LogP contribution < -0.4 is 10.2 Å². The van der Waals surface area contributed by atoms with Crippen LogP contribution in [0.15, 0.2) is 18.5 Å². The van der Waals surface area contributed by atoms with Crippen LogP contribution in [0.2, 0.25) is 0 Å². The molecule has 1 saturated heterocycles. The first-order chi connectivity index (χ1) is 12.4. The molecule has 146 valence electrons. The molecule has 2 aromatic rings. The van der Waals surface area contributed by atoms with E-state index in [4.69, 9.17) is 18.8 Å². The molecular weight excluding hydrogens is 347 g/mol. The molecule has 2 aromatic heterocycles. The molecule has 0 aliphatic carbocycles. The Hall–Kier alpha value is -2.06. The third-order valence-electron chi connectivity index (χ3n) is 5.00. The summed E-state index contributed by atoms with van der Waals surface area (Å²) in [6.45, 7) is 13.4. The maximum atomic E-state index is 12.7. The number of hydrogen-bond acceptors (Lipinski definition) is 6. The Morgan fingerprint density at radius 2 is 1.78 bits per heavy atom. The van der Waals surface area contributed by atoms with Crippen molar-refractivity contribution in [1.29, 1.82) is 0 Å². The van der Waals surface area contributed by atoms with Gasteiger partial charge in [0.25, 0.3) is 0 Å². The first-order valence-corrected chi connectivity index (χ1v) is 8.99. The Morgan fingerprint density at radius 1 is 1.19 bits per heavy atom. The zero-order chi connectivity index (χ0) is 20.2. The Labute approximate surface area is 160 Å². The van der Waals surface area contributed by atoms with Crippen LogP contribution in [0, 0.1) is 0 Å². The van der Waals surface area contributed by atoms with Crippen LogP contribution in [0.25, 0.3) is 11.0 Å². The van der Waals surface area contributed by atoms with Crippen molar-refractivity contribution in [1.82, 2.24) is 9.55 Å². The van der Waals surface area contributed by atoms with E-state index in [2.05, 4.69) is 4.98 Å². The molecule has 0 unspecified atom stereocenters. The summed E-state index contributed by atoms with van der Waals surface area (Å²) in [6.07, 6.45) is 2.74. The highest BCUT2D eigenvalue weighted by molar-refractivity contribution is 6.65. The minimum atomic E-state index is -0.653. The number of hydrogen-bond donors (Lipinski definition) is 0. The van der Waals surface area contributed by atoms with Gasteiger partial charge in [-0.05, 0) is 54.5 Å². The van der Waals surface area contributed by atoms with E-state index in [0.29, 0.717) is 22.2 Å². The number of pyridine rings is 1. The lowest BCUT2D eigenvalue weighted by atomic mass is 9.79. The van der Waals surface area contributed by atoms with E-state index >= 15 is 0 Å². The molecule has 3 rings (SSSR count). The molecule has 1 aliphatic heterocycles. The quantitative estimate of drug-likeness (QED) is 0.753. The van der Waals surface area contributed by atoms with Crippen molar-refractivity contribution in [2.24, 2.45) is 0 Å². The van der Waals surface area contributed by atoms with E-state index in [1.54, 1.807) is 25.6 Å². The van der Waals surface area contributed by atoms with Crippen LogP contribution in [-0.2, 0) is 14.0 Å². The maximum absolute atomic E-state index is 12.7. The molecule has 0 radical (unpaired) electrons. The predicted molar refractivity (Wildman–Crippen MR) is 104 cm³/mol. The highest BCUT2D eigenvalue weighted by Gasteiger charge is 2.53. The van der Waals surface area contributed by atoms with Crippen molar-refractivity contribution in [2.45, 2.75) is 65.3 Å². The van der Waals surface area contributed by atoms with Crippen LogP contribution in [-0.4, -0.2) is 46.7 Å². The van der Waals surface area contributed by atoms with E-state index in [1.807, 2.05) is 48.5 Å². The van der Waals surface area contributed by atoms with Crippen molar-refractivity contribution in [3.63, 3.8) is 0 Å². The number of rotatable bonds is 2. The van der Waals surface area contributed by atoms with Crippen molar-refractivity contribution >= 4 is 29.7 Å². The monoisotopic (exact) mass is 374 g/mol. The third-order valence-corrected chi connectivity index (χ3v) is 5.00. The zero-order valence-corrected chi connectivity index (χ0v) is 17.2. The molecule has 27 heavy (non-hydrogen) atoms. The Kier molecular flexibility index (Phi) is 4.55. The molecular formula is C19H27BN2O5. The van der Waals surface area contributed by atoms with Gasteiger partial charge >= 0.3 is 13.2 Å². The van der Waals surface area contributed by atoms with Crippen molar-refractivity contribution in [2.75, 3.05) is 7.11 Å². The average Bonchev–Trinajstić information content (AvgIpc) is 3.00. The molecule has 8 heteroatoms. The van der Waals surface area contributed by atoms with Gasteiger partial charge in [0.15, 0.2) is 5.65 Å². The summed E-state index contributed by atoms with van der Waals surface area (Å²) >= 11 is 0. The number of methoxy groups -OCH3 is 1. The summed E-state index contributed by atoms with van der Waals surface area (Å²) in [5.41, 5.74) is -0.523. The van der Waals surface area contributed by atoms with E-state index in [0.717, 1.165) is 0 Å². The van der Waals surface area contributed by atoms with Gasteiger partial charge in [0.05, 0.1) is 23.7 Å². The standard InChI is InChI=1S/C19H27BN2O5/c1-17(2,3)25-16(23)22-11-12(14-13(24-8)9-10-21-15(14)22)20-26-18(4,5)19(6,7)27-20/h9-11H,1-8H3. The molecule has 0 atom stereocenters. The second-order valence-electron chi connectivity index (χ2n) is 8.73. The molecule has 0 spiro atoms. The first-order valence-electron chi connectivity index (χ1n) is 8.99. The lowest BCUT2D eigenvalue weighted by Gasteiger charge is -2.32. The number of ether oxygens (including phenoxy) is 2. The molecule has 0 aromatic carbocycles. The van der Waals surface area contributed by atoms with Crippen LogP contribution in [0.1, 0.15) is 48.5 Å². The van der Waals surface area contributed by atoms with E-state index in [-0.39, 0.29) is 0 Å². The summed E-state index contributed by atoms with van der Waals surface area (Å²) < 4.78 is 24.8. The number of aromatic nitrogens is 2. The summed E-state index contributed by atoms with van der Waals surface area (Å²) in [5, 5.41) is 0.671. The van der Waals surface area contributed by atoms with E-state index < -0.39 is 30.0 Å². The topological polar surface area (TPSA) is 71.8 Å². The zero-order valence-electron chi connectivity index (χ0n) is 17.2. The van der Waals surface area contributed by atoms with Gasteiger partial charge in [0.2, 0.25) is 0 Å². The van der Waals surface area contributed by atoms with Crippen LogP contribution in [0.5, 0.6) is 5.75 Å². The highest BCUT2D eigenvalue weighted by atomic mass is 16.7. The predicted octanol–water partition coefficient (Wildman–Crippen LogP) is 3.13. The number of nitrogens with zero attached hydrogens (tertiary/aromatic N) is 2. The van der Waals surface area contributed by atoms with Crippen molar-refractivity contribution in [3.05, 3.63) is 18.5 Å². The molecule has 0 amide bonds. The van der Waals surface area contributed by atoms with Crippen molar-refractivity contribution < 1.29 is 23.6 Å². The maximum Gasteiger partial charge on any atom is 0.497 e. The fourth-order valence-electron chi connectivity index (χ4n) is 2.92. The minimum Gasteiger partial charge on any atom is -0.496 e. The number of carbonyl (C=O) groups excluding carboxylic acids is 1. The Bertz CT molecular complexity index is 866. The second-order valence-corrected chi connectivity index (χ2v) is 8.73. The molecule has 7 nitrogen and oxygen atoms in total. The molecule has 1 fully saturated rings. The molecule has 1 aliphatic rings. The smallest absolute Gasteiger partial charge is 0.496 e. The first kappa shape index (κ1) is 19.7. The SMILES string of the molecule is COc1ccnc2c1c(B1OC(C)(C)C(C)(C)O1)cn2C(=O)OC(C)(C)C. The molecule has 3 heterocycles. The summed E-state index contributed by atoms with van der Waals surface area (Å²) in [5.74, 6) is 0.590. The van der Waals surface area contributed by atoms with Gasteiger partial charge in [-0.15, -0.1) is 0 Å². The number of fused-ring (bicyclic) bond motifs is 1. The summed E-state index contributed by atoms with van der Waals surface area (Å²) in [7, 11) is 0.924. The summed E-state index contributed by atoms with van der Waals surface area (Å²) in [4.78, 5) is 17.1. The lowest BCUT2D eigenvalue weighted by molar-refractivity contribution is 0.00578. The van der Waals surface area contributed by atoms with E-state index in [9.17, 15) is 4.79 Å². The van der Waals surface area contributed by atoms with Gasteiger partial charge in [-0.1, -0.05) is 0 Å². The van der Waals surface area contributed by atoms with Gasteiger partial charge in [-0.3, -0.25) is 0 Å².